The van der Waals surface area contributed by atoms with Gasteiger partial charge < -0.3 is 5.73 Å². The second-order valence-electron chi connectivity index (χ2n) is 3.84. The summed E-state index contributed by atoms with van der Waals surface area (Å²) in [5.41, 5.74) is 7.98. The van der Waals surface area contributed by atoms with Crippen LogP contribution in [0.25, 0.3) is 0 Å². The van der Waals surface area contributed by atoms with E-state index in [0.717, 1.165) is 21.1 Å². The Kier molecular flexibility index (Phi) is 3.61. The van der Waals surface area contributed by atoms with Crippen molar-refractivity contribution in [3.63, 3.8) is 0 Å². The standard InChI is InChI=1S/C12H12BrFN2S/c1-6-7(2)17-12(16-6)11(15)8-3-4-10(14)9(13)5-8/h3-5,11H,15H2,1-2H3. The normalized spacial score (nSPS) is 12.8. The molecule has 0 bridgehead atoms. The number of rotatable bonds is 2. The van der Waals surface area contributed by atoms with Crippen LogP contribution in [0, 0.1) is 19.7 Å². The molecular formula is C12H12BrFN2S. The molecule has 90 valence electrons. The molecule has 17 heavy (non-hydrogen) atoms. The lowest BCUT2D eigenvalue weighted by Crippen LogP contribution is -2.11. The van der Waals surface area contributed by atoms with Crippen LogP contribution in [0.5, 0.6) is 0 Å². The largest absolute Gasteiger partial charge is 0.318 e. The van der Waals surface area contributed by atoms with E-state index in [-0.39, 0.29) is 11.9 Å². The predicted molar refractivity (Wildman–Crippen MR) is 71.7 cm³/mol. The number of aryl methyl sites for hydroxylation is 2. The predicted octanol–water partition coefficient (Wildman–Crippen LogP) is 3.71. The molecule has 1 aromatic heterocycles. The lowest BCUT2D eigenvalue weighted by molar-refractivity contribution is 0.619. The Morgan fingerprint density at radius 3 is 2.65 bits per heavy atom. The van der Waals surface area contributed by atoms with Crippen molar-refractivity contribution in [2.75, 3.05) is 0 Å². The Labute approximate surface area is 112 Å². The van der Waals surface area contributed by atoms with E-state index in [1.807, 2.05) is 13.8 Å². The Morgan fingerprint density at radius 1 is 1.41 bits per heavy atom. The molecule has 0 aliphatic heterocycles. The average molecular weight is 315 g/mol. The van der Waals surface area contributed by atoms with Gasteiger partial charge in [0.1, 0.15) is 10.8 Å². The minimum Gasteiger partial charge on any atom is -0.318 e. The van der Waals surface area contributed by atoms with Crippen LogP contribution >= 0.6 is 27.3 Å². The van der Waals surface area contributed by atoms with Crippen molar-refractivity contribution < 1.29 is 4.39 Å². The molecule has 0 fully saturated rings. The van der Waals surface area contributed by atoms with Gasteiger partial charge in [0, 0.05) is 4.88 Å². The first kappa shape index (κ1) is 12.7. The number of hydrogen-bond donors (Lipinski definition) is 1. The Bertz CT molecular complexity index is 534. The van der Waals surface area contributed by atoms with Crippen LogP contribution in [0.15, 0.2) is 22.7 Å². The topological polar surface area (TPSA) is 38.9 Å². The number of nitrogens with zero attached hydrogens (tertiary/aromatic N) is 1. The molecule has 1 atom stereocenters. The molecule has 0 aliphatic rings. The third kappa shape index (κ3) is 2.56. The van der Waals surface area contributed by atoms with Crippen molar-refractivity contribution in [2.45, 2.75) is 19.9 Å². The quantitative estimate of drug-likeness (QED) is 0.917. The molecule has 2 rings (SSSR count). The van der Waals surface area contributed by atoms with Gasteiger partial charge in [0.05, 0.1) is 16.2 Å². The molecule has 2 N–H and O–H groups in total. The van der Waals surface area contributed by atoms with Crippen molar-refractivity contribution >= 4 is 27.3 Å². The molecule has 1 unspecified atom stereocenters. The van der Waals surface area contributed by atoms with Crippen LogP contribution in [-0.4, -0.2) is 4.98 Å². The summed E-state index contributed by atoms with van der Waals surface area (Å²) < 4.78 is 13.6. The highest BCUT2D eigenvalue weighted by Crippen LogP contribution is 2.28. The summed E-state index contributed by atoms with van der Waals surface area (Å²) in [6, 6.07) is 4.50. The highest BCUT2D eigenvalue weighted by atomic mass is 79.9. The summed E-state index contributed by atoms with van der Waals surface area (Å²) in [5, 5.41) is 0.860. The number of hydrogen-bond acceptors (Lipinski definition) is 3. The van der Waals surface area contributed by atoms with Crippen LogP contribution in [0.3, 0.4) is 0 Å². The number of nitrogens with two attached hydrogens (primary N) is 1. The van der Waals surface area contributed by atoms with E-state index in [4.69, 9.17) is 5.73 Å². The fraction of sp³-hybridized carbons (Fsp3) is 0.250. The zero-order chi connectivity index (χ0) is 12.6. The Hall–Kier alpha value is -0.780. The van der Waals surface area contributed by atoms with Gasteiger partial charge in [0.2, 0.25) is 0 Å². The van der Waals surface area contributed by atoms with Gasteiger partial charge in [-0.25, -0.2) is 9.37 Å². The molecule has 1 aromatic carbocycles. The zero-order valence-corrected chi connectivity index (χ0v) is 11.9. The van der Waals surface area contributed by atoms with Gasteiger partial charge in [-0.05, 0) is 47.5 Å². The van der Waals surface area contributed by atoms with E-state index >= 15 is 0 Å². The minimum atomic E-state index is -0.302. The van der Waals surface area contributed by atoms with E-state index in [1.54, 1.807) is 23.5 Å². The molecular weight excluding hydrogens is 303 g/mol. The van der Waals surface area contributed by atoms with Gasteiger partial charge in [-0.3, -0.25) is 0 Å². The maximum absolute atomic E-state index is 13.1. The van der Waals surface area contributed by atoms with E-state index in [2.05, 4.69) is 20.9 Å². The summed E-state index contributed by atoms with van der Waals surface area (Å²) >= 11 is 4.74. The molecule has 0 saturated heterocycles. The monoisotopic (exact) mass is 314 g/mol. The summed E-state index contributed by atoms with van der Waals surface area (Å²) in [6.07, 6.45) is 0. The minimum absolute atomic E-state index is 0.285. The van der Waals surface area contributed by atoms with E-state index < -0.39 is 0 Å². The fourth-order valence-electron chi connectivity index (χ4n) is 1.48. The Balaban J connectivity index is 2.36. The second-order valence-corrected chi connectivity index (χ2v) is 5.93. The van der Waals surface area contributed by atoms with Crippen molar-refractivity contribution in [1.29, 1.82) is 0 Å². The first-order valence-electron chi connectivity index (χ1n) is 5.13. The van der Waals surface area contributed by atoms with Crippen LogP contribution in [0.1, 0.15) is 27.2 Å². The van der Waals surface area contributed by atoms with Gasteiger partial charge in [-0.2, -0.15) is 0 Å². The molecule has 0 saturated carbocycles. The molecule has 0 radical (unpaired) electrons. The van der Waals surface area contributed by atoms with Gasteiger partial charge in [-0.15, -0.1) is 11.3 Å². The maximum atomic E-state index is 13.1. The lowest BCUT2D eigenvalue weighted by Gasteiger charge is -2.09. The number of halogens is 2. The second kappa shape index (κ2) is 4.84. The molecule has 2 aromatic rings. The number of thiazole rings is 1. The Morgan fingerprint density at radius 2 is 2.12 bits per heavy atom. The summed E-state index contributed by atoms with van der Waals surface area (Å²) in [7, 11) is 0. The first-order valence-corrected chi connectivity index (χ1v) is 6.74. The summed E-state index contributed by atoms with van der Waals surface area (Å²) in [4.78, 5) is 5.59. The van der Waals surface area contributed by atoms with Gasteiger partial charge >= 0.3 is 0 Å². The lowest BCUT2D eigenvalue weighted by atomic mass is 10.1. The summed E-state index contributed by atoms with van der Waals surface area (Å²) in [5.74, 6) is -0.285. The van der Waals surface area contributed by atoms with Crippen molar-refractivity contribution in [3.8, 4) is 0 Å². The molecule has 1 heterocycles. The molecule has 0 aliphatic carbocycles. The van der Waals surface area contributed by atoms with Crippen molar-refractivity contribution in [3.05, 3.63) is 49.6 Å². The maximum Gasteiger partial charge on any atom is 0.137 e. The van der Waals surface area contributed by atoms with E-state index in [1.165, 1.54) is 6.07 Å². The first-order chi connectivity index (χ1) is 7.99. The van der Waals surface area contributed by atoms with Crippen LogP contribution in [0.2, 0.25) is 0 Å². The van der Waals surface area contributed by atoms with Crippen LogP contribution in [0.4, 0.5) is 4.39 Å². The third-order valence-corrected chi connectivity index (χ3v) is 4.38. The SMILES string of the molecule is Cc1nc(C(N)c2ccc(F)c(Br)c2)sc1C. The van der Waals surface area contributed by atoms with E-state index in [9.17, 15) is 4.39 Å². The van der Waals surface area contributed by atoms with Gasteiger partial charge in [0.25, 0.3) is 0 Å². The van der Waals surface area contributed by atoms with Crippen molar-refractivity contribution in [2.24, 2.45) is 5.73 Å². The molecule has 2 nitrogen and oxygen atoms in total. The van der Waals surface area contributed by atoms with Crippen LogP contribution in [-0.2, 0) is 0 Å². The van der Waals surface area contributed by atoms with Gasteiger partial charge in [0.15, 0.2) is 0 Å². The molecule has 0 amide bonds. The zero-order valence-electron chi connectivity index (χ0n) is 9.50. The van der Waals surface area contributed by atoms with E-state index in [0.29, 0.717) is 4.47 Å². The number of aromatic nitrogens is 1. The third-order valence-electron chi connectivity index (χ3n) is 2.61. The average Bonchev–Trinajstić information content (AvgIpc) is 2.62. The van der Waals surface area contributed by atoms with Gasteiger partial charge in [-0.1, -0.05) is 6.07 Å². The summed E-state index contributed by atoms with van der Waals surface area (Å²) in [6.45, 7) is 3.98. The highest BCUT2D eigenvalue weighted by Gasteiger charge is 2.15. The fourth-order valence-corrected chi connectivity index (χ4v) is 2.83. The number of benzene rings is 1. The molecule has 5 heteroatoms. The van der Waals surface area contributed by atoms with Crippen LogP contribution < -0.4 is 5.73 Å². The van der Waals surface area contributed by atoms with Crippen molar-refractivity contribution in [1.82, 2.24) is 4.98 Å². The smallest absolute Gasteiger partial charge is 0.137 e. The highest BCUT2D eigenvalue weighted by molar-refractivity contribution is 9.10. The molecule has 0 spiro atoms.